The molecule has 1 heterocycles. The fourth-order valence-electron chi connectivity index (χ4n) is 3.87. The van der Waals surface area contributed by atoms with Crippen molar-refractivity contribution in [2.75, 3.05) is 11.4 Å². The fourth-order valence-corrected chi connectivity index (χ4v) is 5.39. The summed E-state index contributed by atoms with van der Waals surface area (Å²) in [5, 5.41) is 0. The lowest BCUT2D eigenvalue weighted by molar-refractivity contribution is -0.118. The SMILES string of the molecule is CCCCN(Cc1ccccc1)S(=O)(=O)c1ccc2c(c1)C[C@@H](C)N2C(=O)CC. The number of carbonyl (C=O) groups excluding carboxylic acids is 1. The Balaban J connectivity index is 1.92. The Morgan fingerprint density at radius 2 is 1.86 bits per heavy atom. The Morgan fingerprint density at radius 1 is 1.14 bits per heavy atom. The van der Waals surface area contributed by atoms with E-state index in [1.54, 1.807) is 27.4 Å². The van der Waals surface area contributed by atoms with Gasteiger partial charge in [-0.25, -0.2) is 8.42 Å². The van der Waals surface area contributed by atoms with Gasteiger partial charge in [-0.1, -0.05) is 50.6 Å². The van der Waals surface area contributed by atoms with Crippen LogP contribution in [-0.2, 0) is 27.8 Å². The number of hydrogen-bond acceptors (Lipinski definition) is 3. The van der Waals surface area contributed by atoms with Gasteiger partial charge in [0.25, 0.3) is 0 Å². The number of carbonyl (C=O) groups is 1. The molecule has 2 aromatic carbocycles. The molecule has 1 atom stereocenters. The number of sulfonamides is 1. The van der Waals surface area contributed by atoms with Gasteiger partial charge in [-0.2, -0.15) is 4.31 Å². The second kappa shape index (κ2) is 9.09. The van der Waals surface area contributed by atoms with E-state index >= 15 is 0 Å². The molecule has 0 aliphatic carbocycles. The smallest absolute Gasteiger partial charge is 0.243 e. The molecule has 0 saturated heterocycles. The summed E-state index contributed by atoms with van der Waals surface area (Å²) in [6.07, 6.45) is 2.85. The maximum absolute atomic E-state index is 13.4. The highest BCUT2D eigenvalue weighted by Crippen LogP contribution is 2.35. The summed E-state index contributed by atoms with van der Waals surface area (Å²) < 4.78 is 28.5. The Hall–Kier alpha value is -2.18. The Labute approximate surface area is 174 Å². The van der Waals surface area contributed by atoms with Crippen molar-refractivity contribution in [2.45, 2.75) is 63.9 Å². The highest BCUT2D eigenvalue weighted by atomic mass is 32.2. The highest BCUT2D eigenvalue weighted by Gasteiger charge is 2.32. The first-order chi connectivity index (χ1) is 13.9. The molecule has 0 unspecified atom stereocenters. The van der Waals surface area contributed by atoms with Gasteiger partial charge in [-0.3, -0.25) is 4.79 Å². The first-order valence-electron chi connectivity index (χ1n) is 10.4. The molecule has 3 rings (SSSR count). The molecule has 0 fully saturated rings. The number of unbranched alkanes of at least 4 members (excludes halogenated alkanes) is 1. The number of rotatable bonds is 8. The lowest BCUT2D eigenvalue weighted by Gasteiger charge is -2.24. The molecule has 0 radical (unpaired) electrons. The quantitative estimate of drug-likeness (QED) is 0.645. The van der Waals surface area contributed by atoms with Crippen molar-refractivity contribution in [3.8, 4) is 0 Å². The van der Waals surface area contributed by atoms with Crippen LogP contribution in [0.1, 0.15) is 51.2 Å². The molecule has 1 aliphatic rings. The summed E-state index contributed by atoms with van der Waals surface area (Å²) in [7, 11) is -3.62. The minimum Gasteiger partial charge on any atom is -0.309 e. The van der Waals surface area contributed by atoms with Gasteiger partial charge in [-0.15, -0.1) is 0 Å². The van der Waals surface area contributed by atoms with Gasteiger partial charge >= 0.3 is 0 Å². The molecule has 0 bridgehead atoms. The van der Waals surface area contributed by atoms with Crippen LogP contribution in [0.25, 0.3) is 0 Å². The van der Waals surface area contributed by atoms with Crippen LogP contribution in [0, 0.1) is 0 Å². The van der Waals surface area contributed by atoms with E-state index in [-0.39, 0.29) is 11.9 Å². The predicted octanol–water partition coefficient (Wildman–Crippen LogP) is 4.37. The van der Waals surface area contributed by atoms with Crippen molar-refractivity contribution < 1.29 is 13.2 Å². The first kappa shape index (κ1) is 21.5. The summed E-state index contributed by atoms with van der Waals surface area (Å²) in [5.74, 6) is 0.0699. The van der Waals surface area contributed by atoms with E-state index in [2.05, 4.69) is 6.92 Å². The number of nitrogens with zero attached hydrogens (tertiary/aromatic N) is 2. The first-order valence-corrected chi connectivity index (χ1v) is 11.8. The number of hydrogen-bond donors (Lipinski definition) is 0. The number of amides is 1. The predicted molar refractivity (Wildman–Crippen MR) is 116 cm³/mol. The van der Waals surface area contributed by atoms with E-state index in [9.17, 15) is 13.2 Å². The molecular weight excluding hydrogens is 384 g/mol. The van der Waals surface area contributed by atoms with Crippen molar-refractivity contribution in [1.82, 2.24) is 4.31 Å². The van der Waals surface area contributed by atoms with Crippen molar-refractivity contribution >= 4 is 21.6 Å². The topological polar surface area (TPSA) is 57.7 Å². The molecule has 29 heavy (non-hydrogen) atoms. The Bertz CT molecular complexity index is 957. The number of fused-ring (bicyclic) bond motifs is 1. The zero-order valence-electron chi connectivity index (χ0n) is 17.5. The molecule has 5 nitrogen and oxygen atoms in total. The zero-order valence-corrected chi connectivity index (χ0v) is 18.3. The molecule has 6 heteroatoms. The van der Waals surface area contributed by atoms with Crippen LogP contribution in [0.2, 0.25) is 0 Å². The van der Waals surface area contributed by atoms with E-state index < -0.39 is 10.0 Å². The molecule has 0 saturated carbocycles. The van der Waals surface area contributed by atoms with Crippen molar-refractivity contribution in [3.05, 3.63) is 59.7 Å². The van der Waals surface area contributed by atoms with E-state index in [4.69, 9.17) is 0 Å². The minimum atomic E-state index is -3.62. The second-order valence-corrected chi connectivity index (χ2v) is 9.58. The van der Waals surface area contributed by atoms with E-state index in [1.165, 1.54) is 0 Å². The summed E-state index contributed by atoms with van der Waals surface area (Å²) in [6, 6.07) is 14.9. The highest BCUT2D eigenvalue weighted by molar-refractivity contribution is 7.89. The van der Waals surface area contributed by atoms with Gasteiger partial charge in [0.1, 0.15) is 0 Å². The number of benzene rings is 2. The molecule has 1 aliphatic heterocycles. The molecular formula is C23H30N2O3S. The average Bonchev–Trinajstić information content (AvgIpc) is 3.06. The van der Waals surface area contributed by atoms with E-state index in [0.29, 0.717) is 30.8 Å². The maximum atomic E-state index is 13.4. The molecule has 0 aromatic heterocycles. The Morgan fingerprint density at radius 3 is 2.52 bits per heavy atom. The largest absolute Gasteiger partial charge is 0.309 e. The summed E-state index contributed by atoms with van der Waals surface area (Å²) >= 11 is 0. The summed E-state index contributed by atoms with van der Waals surface area (Å²) in [4.78, 5) is 14.4. The lowest BCUT2D eigenvalue weighted by Crippen LogP contribution is -2.35. The van der Waals surface area contributed by atoms with Gasteiger partial charge in [0.05, 0.1) is 4.90 Å². The van der Waals surface area contributed by atoms with Crippen molar-refractivity contribution in [3.63, 3.8) is 0 Å². The third kappa shape index (κ3) is 4.54. The zero-order chi connectivity index (χ0) is 21.0. The standard InChI is InChI=1S/C23H30N2O3S/c1-4-6-14-24(17-19-10-8-7-9-11-19)29(27,28)21-12-13-22-20(16-21)15-18(3)25(22)23(26)5-2/h7-13,16,18H,4-6,14-15,17H2,1-3H3/t18-/m1/s1. The van der Waals surface area contributed by atoms with E-state index in [0.717, 1.165) is 29.7 Å². The van der Waals surface area contributed by atoms with Gasteiger partial charge in [0, 0.05) is 31.2 Å². The molecule has 0 N–H and O–H groups in total. The molecule has 0 spiro atoms. The van der Waals surface area contributed by atoms with Gasteiger partial charge < -0.3 is 4.90 Å². The Kier molecular flexibility index (Phi) is 6.75. The maximum Gasteiger partial charge on any atom is 0.243 e. The average molecular weight is 415 g/mol. The third-order valence-corrected chi connectivity index (χ3v) is 7.28. The van der Waals surface area contributed by atoms with Crippen LogP contribution >= 0.6 is 0 Å². The lowest BCUT2D eigenvalue weighted by atomic mass is 10.1. The van der Waals surface area contributed by atoms with Gasteiger partial charge in [0.15, 0.2) is 0 Å². The van der Waals surface area contributed by atoms with Crippen molar-refractivity contribution in [2.24, 2.45) is 0 Å². The van der Waals surface area contributed by atoms with Crippen LogP contribution in [-0.4, -0.2) is 31.2 Å². The van der Waals surface area contributed by atoms with Crippen LogP contribution in [0.15, 0.2) is 53.4 Å². The van der Waals surface area contributed by atoms with Crippen LogP contribution in [0.5, 0.6) is 0 Å². The number of anilines is 1. The van der Waals surface area contributed by atoms with Gasteiger partial charge in [0.2, 0.25) is 15.9 Å². The fraction of sp³-hybridized carbons (Fsp3) is 0.435. The van der Waals surface area contributed by atoms with Gasteiger partial charge in [-0.05, 0) is 49.1 Å². The van der Waals surface area contributed by atoms with E-state index in [1.807, 2.05) is 44.2 Å². The molecule has 156 valence electrons. The van der Waals surface area contributed by atoms with Crippen LogP contribution in [0.3, 0.4) is 0 Å². The third-order valence-electron chi connectivity index (χ3n) is 5.44. The second-order valence-electron chi connectivity index (χ2n) is 7.64. The summed E-state index contributed by atoms with van der Waals surface area (Å²) in [5.41, 5.74) is 2.74. The van der Waals surface area contributed by atoms with Crippen molar-refractivity contribution in [1.29, 1.82) is 0 Å². The minimum absolute atomic E-state index is 0.0518. The normalized spacial score (nSPS) is 16.3. The van der Waals surface area contributed by atoms with Crippen LogP contribution in [0.4, 0.5) is 5.69 Å². The summed E-state index contributed by atoms with van der Waals surface area (Å²) in [6.45, 7) is 6.76. The molecule has 2 aromatic rings. The van der Waals surface area contributed by atoms with Crippen LogP contribution < -0.4 is 4.90 Å². The molecule has 1 amide bonds. The monoisotopic (exact) mass is 414 g/mol.